The second-order valence-electron chi connectivity index (χ2n) is 6.01. The minimum absolute atomic E-state index is 0.0250. The average molecular weight is 374 g/mol. The summed E-state index contributed by atoms with van der Waals surface area (Å²) in [5.41, 5.74) is 2.27. The lowest BCUT2D eigenvalue weighted by molar-refractivity contribution is -0.120. The number of anilines is 2. The van der Waals surface area contributed by atoms with E-state index in [-0.39, 0.29) is 24.8 Å². The Morgan fingerprint density at radius 1 is 1.31 bits per heavy atom. The van der Waals surface area contributed by atoms with E-state index in [4.69, 9.17) is 16.3 Å². The minimum Gasteiger partial charge on any atom is -0.497 e. The van der Waals surface area contributed by atoms with Gasteiger partial charge in [0.15, 0.2) is 0 Å². The van der Waals surface area contributed by atoms with Crippen molar-refractivity contribution in [1.82, 2.24) is 5.32 Å². The Labute approximate surface area is 157 Å². The van der Waals surface area contributed by atoms with Crippen LogP contribution in [0.5, 0.6) is 5.75 Å². The molecule has 26 heavy (non-hydrogen) atoms. The Kier molecular flexibility index (Phi) is 5.63. The van der Waals surface area contributed by atoms with Crippen molar-refractivity contribution in [2.45, 2.75) is 6.42 Å². The molecule has 2 aromatic carbocycles. The SMILES string of the molecule is COc1cccc(CC(=O)Nc2ccc(N3CCNC(=O)C3)c(Cl)c2)c1. The summed E-state index contributed by atoms with van der Waals surface area (Å²) < 4.78 is 5.17. The van der Waals surface area contributed by atoms with E-state index < -0.39 is 0 Å². The smallest absolute Gasteiger partial charge is 0.239 e. The molecule has 0 aliphatic carbocycles. The van der Waals surface area contributed by atoms with Gasteiger partial charge in [0.05, 0.1) is 30.8 Å². The summed E-state index contributed by atoms with van der Waals surface area (Å²) >= 11 is 6.35. The molecule has 0 unspecified atom stereocenters. The highest BCUT2D eigenvalue weighted by Crippen LogP contribution is 2.29. The van der Waals surface area contributed by atoms with Gasteiger partial charge in [-0.3, -0.25) is 9.59 Å². The molecular formula is C19H20ClN3O3. The molecule has 3 rings (SSSR count). The second-order valence-corrected chi connectivity index (χ2v) is 6.42. The monoisotopic (exact) mass is 373 g/mol. The summed E-state index contributed by atoms with van der Waals surface area (Å²) in [5, 5.41) is 6.12. The molecule has 0 radical (unpaired) electrons. The highest BCUT2D eigenvalue weighted by atomic mass is 35.5. The number of amides is 2. The van der Waals surface area contributed by atoms with Gasteiger partial charge in [0.2, 0.25) is 11.8 Å². The largest absolute Gasteiger partial charge is 0.497 e. The van der Waals surface area contributed by atoms with Crippen LogP contribution >= 0.6 is 11.6 Å². The number of halogens is 1. The Morgan fingerprint density at radius 2 is 2.15 bits per heavy atom. The normalized spacial score (nSPS) is 13.9. The lowest BCUT2D eigenvalue weighted by atomic mass is 10.1. The molecule has 0 bridgehead atoms. The average Bonchev–Trinajstić information content (AvgIpc) is 2.62. The Hall–Kier alpha value is -2.73. The molecule has 1 heterocycles. The summed E-state index contributed by atoms with van der Waals surface area (Å²) in [5.74, 6) is 0.552. The first-order valence-electron chi connectivity index (χ1n) is 8.29. The van der Waals surface area contributed by atoms with Gasteiger partial charge in [-0.2, -0.15) is 0 Å². The Bertz CT molecular complexity index is 825. The number of methoxy groups -OCH3 is 1. The van der Waals surface area contributed by atoms with Crippen LogP contribution in [0.4, 0.5) is 11.4 Å². The van der Waals surface area contributed by atoms with E-state index in [1.54, 1.807) is 19.2 Å². The van der Waals surface area contributed by atoms with Gasteiger partial charge in [-0.25, -0.2) is 0 Å². The maximum absolute atomic E-state index is 12.3. The van der Waals surface area contributed by atoms with Gasteiger partial charge in [-0.1, -0.05) is 23.7 Å². The Balaban J connectivity index is 1.65. The molecule has 6 nitrogen and oxygen atoms in total. The number of hydrogen-bond donors (Lipinski definition) is 2. The highest BCUT2D eigenvalue weighted by molar-refractivity contribution is 6.33. The molecule has 1 fully saturated rings. The number of carbonyl (C=O) groups excluding carboxylic acids is 2. The van der Waals surface area contributed by atoms with Crippen LogP contribution in [-0.2, 0) is 16.0 Å². The van der Waals surface area contributed by atoms with Crippen LogP contribution in [0, 0.1) is 0 Å². The number of nitrogens with zero attached hydrogens (tertiary/aromatic N) is 1. The summed E-state index contributed by atoms with van der Waals surface area (Å²) in [6.45, 7) is 1.57. The van der Waals surface area contributed by atoms with Gasteiger partial charge in [-0.15, -0.1) is 0 Å². The van der Waals surface area contributed by atoms with Crippen molar-refractivity contribution >= 4 is 34.8 Å². The van der Waals surface area contributed by atoms with Crippen LogP contribution in [0.1, 0.15) is 5.56 Å². The fourth-order valence-electron chi connectivity index (χ4n) is 2.86. The zero-order chi connectivity index (χ0) is 18.5. The maximum atomic E-state index is 12.3. The molecule has 2 N–H and O–H groups in total. The van der Waals surface area contributed by atoms with Crippen molar-refractivity contribution in [2.24, 2.45) is 0 Å². The number of benzene rings is 2. The van der Waals surface area contributed by atoms with Crippen LogP contribution in [0.25, 0.3) is 0 Å². The van der Waals surface area contributed by atoms with Gasteiger partial charge in [0, 0.05) is 18.8 Å². The molecule has 2 aromatic rings. The van der Waals surface area contributed by atoms with Gasteiger partial charge in [-0.05, 0) is 35.9 Å². The summed E-state index contributed by atoms with van der Waals surface area (Å²) in [4.78, 5) is 25.7. The van der Waals surface area contributed by atoms with Crippen molar-refractivity contribution in [1.29, 1.82) is 0 Å². The van der Waals surface area contributed by atoms with E-state index in [1.807, 2.05) is 35.2 Å². The first-order chi connectivity index (χ1) is 12.5. The third-order valence-electron chi connectivity index (χ3n) is 4.11. The molecule has 0 aromatic heterocycles. The lowest BCUT2D eigenvalue weighted by Crippen LogP contribution is -2.47. The predicted octanol–water partition coefficient (Wildman–Crippen LogP) is 2.47. The van der Waals surface area contributed by atoms with Crippen LogP contribution in [0.2, 0.25) is 5.02 Å². The van der Waals surface area contributed by atoms with Crippen LogP contribution in [0.3, 0.4) is 0 Å². The zero-order valence-electron chi connectivity index (χ0n) is 14.4. The molecule has 0 atom stereocenters. The number of piperazine rings is 1. The van der Waals surface area contributed by atoms with Crippen molar-refractivity contribution in [3.8, 4) is 5.75 Å². The van der Waals surface area contributed by atoms with E-state index in [2.05, 4.69) is 10.6 Å². The van der Waals surface area contributed by atoms with Crippen molar-refractivity contribution in [3.05, 3.63) is 53.1 Å². The molecule has 1 aliphatic heterocycles. The van der Waals surface area contributed by atoms with Gasteiger partial charge in [0.25, 0.3) is 0 Å². The van der Waals surface area contributed by atoms with Crippen molar-refractivity contribution in [3.63, 3.8) is 0 Å². The first kappa shape index (κ1) is 18.1. The van der Waals surface area contributed by atoms with Crippen LogP contribution in [-0.4, -0.2) is 38.6 Å². The van der Waals surface area contributed by atoms with E-state index in [9.17, 15) is 9.59 Å². The zero-order valence-corrected chi connectivity index (χ0v) is 15.2. The minimum atomic E-state index is -0.139. The summed E-state index contributed by atoms with van der Waals surface area (Å²) in [7, 11) is 1.59. The first-order valence-corrected chi connectivity index (χ1v) is 8.67. The fraction of sp³-hybridized carbons (Fsp3) is 0.263. The molecule has 0 saturated carbocycles. The Morgan fingerprint density at radius 3 is 2.88 bits per heavy atom. The van der Waals surface area contributed by atoms with Crippen molar-refractivity contribution < 1.29 is 14.3 Å². The number of ether oxygens (including phenoxy) is 1. The van der Waals surface area contributed by atoms with E-state index in [1.165, 1.54) is 0 Å². The molecule has 1 aliphatic rings. The van der Waals surface area contributed by atoms with E-state index in [0.29, 0.717) is 29.5 Å². The lowest BCUT2D eigenvalue weighted by Gasteiger charge is -2.29. The van der Waals surface area contributed by atoms with Crippen LogP contribution < -0.4 is 20.3 Å². The van der Waals surface area contributed by atoms with Crippen LogP contribution in [0.15, 0.2) is 42.5 Å². The highest BCUT2D eigenvalue weighted by Gasteiger charge is 2.19. The van der Waals surface area contributed by atoms with Gasteiger partial charge < -0.3 is 20.3 Å². The molecule has 136 valence electrons. The molecule has 7 heteroatoms. The summed E-state index contributed by atoms with van der Waals surface area (Å²) in [6, 6.07) is 12.7. The molecule has 2 amide bonds. The van der Waals surface area contributed by atoms with E-state index >= 15 is 0 Å². The maximum Gasteiger partial charge on any atom is 0.239 e. The molecule has 1 saturated heterocycles. The quantitative estimate of drug-likeness (QED) is 0.844. The topological polar surface area (TPSA) is 70.7 Å². The number of nitrogens with one attached hydrogen (secondary N) is 2. The van der Waals surface area contributed by atoms with Gasteiger partial charge in [0.1, 0.15) is 5.75 Å². The molecular weight excluding hydrogens is 354 g/mol. The third kappa shape index (κ3) is 4.46. The fourth-order valence-corrected chi connectivity index (χ4v) is 3.16. The van der Waals surface area contributed by atoms with Crippen molar-refractivity contribution in [2.75, 3.05) is 37.0 Å². The third-order valence-corrected chi connectivity index (χ3v) is 4.41. The number of carbonyl (C=O) groups is 2. The number of hydrogen-bond acceptors (Lipinski definition) is 4. The number of rotatable bonds is 5. The standard InChI is InChI=1S/C19H20ClN3O3/c1-26-15-4-2-3-13(9-15)10-18(24)22-14-5-6-17(16(20)11-14)23-8-7-21-19(25)12-23/h2-6,9,11H,7-8,10,12H2,1H3,(H,21,25)(H,22,24). The molecule has 0 spiro atoms. The van der Waals surface area contributed by atoms with E-state index in [0.717, 1.165) is 11.3 Å². The second kappa shape index (κ2) is 8.10. The summed E-state index contributed by atoms with van der Waals surface area (Å²) in [6.07, 6.45) is 0.239. The predicted molar refractivity (Wildman–Crippen MR) is 102 cm³/mol. The van der Waals surface area contributed by atoms with Gasteiger partial charge >= 0.3 is 0 Å².